The highest BCUT2D eigenvalue weighted by molar-refractivity contribution is 9.11. The van der Waals surface area contributed by atoms with E-state index in [1.165, 1.54) is 12.1 Å². The Hall–Kier alpha value is -0.870. The Morgan fingerprint density at radius 1 is 1.11 bits per heavy atom. The van der Waals surface area contributed by atoms with E-state index in [2.05, 4.69) is 31.9 Å². The normalized spacial score (nSPS) is 12.3. The Bertz CT molecular complexity index is 599. The van der Waals surface area contributed by atoms with E-state index in [-0.39, 0.29) is 10.6 Å². The van der Waals surface area contributed by atoms with E-state index in [4.69, 9.17) is 4.74 Å². The van der Waals surface area contributed by atoms with Crippen molar-refractivity contribution in [1.82, 2.24) is 0 Å². The Balaban J connectivity index is 2.51. The molecule has 0 fully saturated rings. The molecule has 0 saturated carbocycles. The van der Waals surface area contributed by atoms with Crippen LogP contribution in [0.3, 0.4) is 0 Å². The summed E-state index contributed by atoms with van der Waals surface area (Å²) in [6, 6.07) is 10.6. The molecule has 0 heterocycles. The molecule has 0 N–H and O–H groups in total. The molecule has 19 heavy (non-hydrogen) atoms. The standard InChI is InChI=1S/C15H13Br2FO/c1-9-3-6-14(19-2)12(7-9)15(17)11-8-10(18)4-5-13(11)16/h3-8,15H,1-2H3. The molecule has 0 radical (unpaired) electrons. The first-order valence-electron chi connectivity index (χ1n) is 5.76. The molecule has 0 aliphatic carbocycles. The molecule has 0 amide bonds. The summed E-state index contributed by atoms with van der Waals surface area (Å²) >= 11 is 7.08. The lowest BCUT2D eigenvalue weighted by Crippen LogP contribution is -1.99. The second-order valence-corrected chi connectivity index (χ2v) is 6.04. The van der Waals surface area contributed by atoms with Crippen molar-refractivity contribution in [2.24, 2.45) is 0 Å². The lowest BCUT2D eigenvalue weighted by atomic mass is 10.0. The molecular formula is C15H13Br2FO. The molecule has 2 aromatic carbocycles. The molecule has 4 heteroatoms. The third-order valence-electron chi connectivity index (χ3n) is 2.89. The van der Waals surface area contributed by atoms with Gasteiger partial charge < -0.3 is 4.74 Å². The zero-order chi connectivity index (χ0) is 14.0. The number of halogens is 3. The summed E-state index contributed by atoms with van der Waals surface area (Å²) in [6.07, 6.45) is 0. The van der Waals surface area contributed by atoms with Crippen molar-refractivity contribution < 1.29 is 9.13 Å². The molecule has 0 spiro atoms. The van der Waals surface area contributed by atoms with E-state index in [0.29, 0.717) is 0 Å². The summed E-state index contributed by atoms with van der Waals surface area (Å²) in [6.45, 7) is 2.02. The van der Waals surface area contributed by atoms with E-state index in [1.807, 2.05) is 25.1 Å². The van der Waals surface area contributed by atoms with E-state index >= 15 is 0 Å². The predicted molar refractivity (Wildman–Crippen MR) is 82.6 cm³/mol. The minimum absolute atomic E-state index is 0.132. The van der Waals surface area contributed by atoms with Gasteiger partial charge in [0.2, 0.25) is 0 Å². The van der Waals surface area contributed by atoms with Gasteiger partial charge >= 0.3 is 0 Å². The van der Waals surface area contributed by atoms with E-state index < -0.39 is 0 Å². The number of rotatable bonds is 3. The van der Waals surface area contributed by atoms with Crippen LogP contribution in [0.1, 0.15) is 21.5 Å². The monoisotopic (exact) mass is 386 g/mol. The highest BCUT2D eigenvalue weighted by Gasteiger charge is 2.18. The second-order valence-electron chi connectivity index (χ2n) is 4.27. The minimum Gasteiger partial charge on any atom is -0.496 e. The minimum atomic E-state index is -0.255. The molecule has 1 nitrogen and oxygen atoms in total. The summed E-state index contributed by atoms with van der Waals surface area (Å²) in [5, 5.41) is 0. The van der Waals surface area contributed by atoms with Gasteiger partial charge in [-0.15, -0.1) is 0 Å². The number of hydrogen-bond acceptors (Lipinski definition) is 1. The quantitative estimate of drug-likeness (QED) is 0.641. The third kappa shape index (κ3) is 3.18. The van der Waals surface area contributed by atoms with Crippen molar-refractivity contribution in [3.8, 4) is 5.75 Å². The first-order valence-corrected chi connectivity index (χ1v) is 7.47. The summed E-state index contributed by atoms with van der Waals surface area (Å²) in [4.78, 5) is -0.132. The Kier molecular flexibility index (Phi) is 4.63. The van der Waals surface area contributed by atoms with Crippen molar-refractivity contribution in [2.45, 2.75) is 11.8 Å². The molecule has 2 aromatic rings. The van der Waals surface area contributed by atoms with Crippen molar-refractivity contribution in [3.05, 3.63) is 63.4 Å². The topological polar surface area (TPSA) is 9.23 Å². The number of alkyl halides is 1. The fraction of sp³-hybridized carbons (Fsp3) is 0.200. The van der Waals surface area contributed by atoms with E-state index in [9.17, 15) is 4.39 Å². The van der Waals surface area contributed by atoms with Crippen molar-refractivity contribution in [1.29, 1.82) is 0 Å². The van der Waals surface area contributed by atoms with Crippen LogP contribution in [0.5, 0.6) is 5.75 Å². The molecule has 0 bridgehead atoms. The van der Waals surface area contributed by atoms with Gasteiger partial charge in [-0.25, -0.2) is 4.39 Å². The molecule has 1 unspecified atom stereocenters. The zero-order valence-corrected chi connectivity index (χ0v) is 13.8. The first-order chi connectivity index (χ1) is 9.02. The Morgan fingerprint density at radius 2 is 1.84 bits per heavy atom. The van der Waals surface area contributed by atoms with Crippen LogP contribution in [-0.4, -0.2) is 7.11 Å². The summed E-state index contributed by atoms with van der Waals surface area (Å²) in [7, 11) is 1.63. The molecule has 2 rings (SSSR count). The highest BCUT2D eigenvalue weighted by atomic mass is 79.9. The summed E-state index contributed by atoms with van der Waals surface area (Å²) in [5.74, 6) is 0.526. The van der Waals surface area contributed by atoms with Gasteiger partial charge in [0.05, 0.1) is 11.9 Å². The number of benzene rings is 2. The fourth-order valence-electron chi connectivity index (χ4n) is 1.93. The van der Waals surface area contributed by atoms with Crippen LogP contribution in [0.15, 0.2) is 40.9 Å². The predicted octanol–water partition coefficient (Wildman–Crippen LogP) is 5.39. The van der Waals surface area contributed by atoms with Gasteiger partial charge in [0.15, 0.2) is 0 Å². The maximum absolute atomic E-state index is 13.4. The average molecular weight is 388 g/mol. The fourth-order valence-corrected chi connectivity index (χ4v) is 3.45. The van der Waals surface area contributed by atoms with Gasteiger partial charge in [-0.05, 0) is 36.8 Å². The average Bonchev–Trinajstić information content (AvgIpc) is 2.40. The molecular weight excluding hydrogens is 375 g/mol. The van der Waals surface area contributed by atoms with Crippen LogP contribution in [0.25, 0.3) is 0 Å². The SMILES string of the molecule is COc1ccc(C)cc1C(Br)c1cc(F)ccc1Br. The maximum atomic E-state index is 13.4. The largest absolute Gasteiger partial charge is 0.496 e. The zero-order valence-electron chi connectivity index (χ0n) is 10.6. The van der Waals surface area contributed by atoms with Crippen LogP contribution in [0.2, 0.25) is 0 Å². The molecule has 1 atom stereocenters. The van der Waals surface area contributed by atoms with Crippen LogP contribution in [-0.2, 0) is 0 Å². The van der Waals surface area contributed by atoms with Crippen LogP contribution < -0.4 is 4.74 Å². The van der Waals surface area contributed by atoms with Crippen LogP contribution in [0.4, 0.5) is 4.39 Å². The van der Waals surface area contributed by atoms with Gasteiger partial charge in [0.1, 0.15) is 11.6 Å². The van der Waals surface area contributed by atoms with Crippen molar-refractivity contribution in [3.63, 3.8) is 0 Å². The third-order valence-corrected chi connectivity index (χ3v) is 4.60. The van der Waals surface area contributed by atoms with Gasteiger partial charge in [-0.3, -0.25) is 0 Å². The van der Waals surface area contributed by atoms with Gasteiger partial charge in [0.25, 0.3) is 0 Å². The van der Waals surface area contributed by atoms with Crippen molar-refractivity contribution in [2.75, 3.05) is 7.11 Å². The van der Waals surface area contributed by atoms with Gasteiger partial charge in [-0.2, -0.15) is 0 Å². The number of hydrogen-bond donors (Lipinski definition) is 0. The van der Waals surface area contributed by atoms with Crippen molar-refractivity contribution >= 4 is 31.9 Å². The molecule has 0 aliphatic heterocycles. The maximum Gasteiger partial charge on any atom is 0.123 e. The molecule has 0 aromatic heterocycles. The molecule has 100 valence electrons. The van der Waals surface area contributed by atoms with Crippen LogP contribution in [0, 0.1) is 12.7 Å². The molecule has 0 aliphatic rings. The summed E-state index contributed by atoms with van der Waals surface area (Å²) < 4.78 is 19.6. The lowest BCUT2D eigenvalue weighted by Gasteiger charge is -2.17. The summed E-state index contributed by atoms with van der Waals surface area (Å²) in [5.41, 5.74) is 2.95. The smallest absolute Gasteiger partial charge is 0.123 e. The second kappa shape index (κ2) is 6.06. The Morgan fingerprint density at radius 3 is 2.53 bits per heavy atom. The number of ether oxygens (including phenoxy) is 1. The van der Waals surface area contributed by atoms with Gasteiger partial charge in [-0.1, -0.05) is 49.6 Å². The molecule has 0 saturated heterocycles. The lowest BCUT2D eigenvalue weighted by molar-refractivity contribution is 0.410. The highest BCUT2D eigenvalue weighted by Crippen LogP contribution is 2.40. The number of aryl methyl sites for hydroxylation is 1. The van der Waals surface area contributed by atoms with E-state index in [1.54, 1.807) is 13.2 Å². The van der Waals surface area contributed by atoms with E-state index in [0.717, 1.165) is 26.9 Å². The number of methoxy groups -OCH3 is 1. The Labute approximate surface area is 129 Å². The van der Waals surface area contributed by atoms with Gasteiger partial charge in [0, 0.05) is 10.0 Å². The van der Waals surface area contributed by atoms with Crippen LogP contribution >= 0.6 is 31.9 Å². The first kappa shape index (κ1) is 14.5.